The zero-order valence-corrected chi connectivity index (χ0v) is 14.9. The molecule has 3 heterocycles. The van der Waals surface area contributed by atoms with E-state index in [4.69, 9.17) is 0 Å². The van der Waals surface area contributed by atoms with Gasteiger partial charge in [0.1, 0.15) is 5.75 Å². The molecule has 0 radical (unpaired) electrons. The first-order valence-corrected chi connectivity index (χ1v) is 9.24. The van der Waals surface area contributed by atoms with Crippen LogP contribution in [0.15, 0.2) is 46.7 Å². The number of carbonyl (C=O) groups excluding carboxylic acids is 1. The van der Waals surface area contributed by atoms with Crippen molar-refractivity contribution < 1.29 is 9.90 Å². The molecular formula is C18H18N4O3S. The molecular weight excluding hydrogens is 352 g/mol. The second-order valence-electron chi connectivity index (χ2n) is 6.26. The lowest BCUT2D eigenvalue weighted by Gasteiger charge is -2.34. The predicted molar refractivity (Wildman–Crippen MR) is 98.6 cm³/mol. The molecule has 2 aromatic heterocycles. The molecule has 134 valence electrons. The Kier molecular flexibility index (Phi) is 4.44. The van der Waals surface area contributed by atoms with Crippen LogP contribution in [0.25, 0.3) is 4.96 Å². The second-order valence-corrected chi connectivity index (χ2v) is 7.13. The van der Waals surface area contributed by atoms with Crippen molar-refractivity contribution in [2.45, 2.75) is 6.54 Å². The molecule has 0 atom stereocenters. The molecule has 0 saturated carbocycles. The normalized spacial score (nSPS) is 15.5. The fourth-order valence-corrected chi connectivity index (χ4v) is 3.87. The summed E-state index contributed by atoms with van der Waals surface area (Å²) in [4.78, 5) is 33.8. The highest BCUT2D eigenvalue weighted by Crippen LogP contribution is 2.15. The average molecular weight is 370 g/mol. The maximum atomic E-state index is 12.5. The van der Waals surface area contributed by atoms with E-state index in [1.807, 2.05) is 5.38 Å². The van der Waals surface area contributed by atoms with Crippen LogP contribution in [-0.2, 0) is 6.54 Å². The summed E-state index contributed by atoms with van der Waals surface area (Å²) in [7, 11) is 0. The summed E-state index contributed by atoms with van der Waals surface area (Å²) in [5.41, 5.74) is 1.19. The lowest BCUT2D eigenvalue weighted by atomic mass is 10.1. The highest BCUT2D eigenvalue weighted by molar-refractivity contribution is 7.15. The van der Waals surface area contributed by atoms with Gasteiger partial charge in [-0.1, -0.05) is 6.07 Å². The minimum absolute atomic E-state index is 0.0658. The van der Waals surface area contributed by atoms with E-state index in [0.29, 0.717) is 30.2 Å². The Morgan fingerprint density at radius 2 is 2.00 bits per heavy atom. The van der Waals surface area contributed by atoms with Crippen LogP contribution in [0.5, 0.6) is 5.75 Å². The number of fused-ring (bicyclic) bond motifs is 1. The van der Waals surface area contributed by atoms with E-state index in [1.165, 1.54) is 17.4 Å². The van der Waals surface area contributed by atoms with Gasteiger partial charge >= 0.3 is 0 Å². The number of amides is 1. The number of piperazine rings is 1. The van der Waals surface area contributed by atoms with Gasteiger partial charge in [-0.3, -0.25) is 18.9 Å². The number of phenols is 1. The van der Waals surface area contributed by atoms with Crippen LogP contribution in [-0.4, -0.2) is 56.4 Å². The number of thiazole rings is 1. The number of phenolic OH excluding ortho intramolecular Hbond substituents is 1. The summed E-state index contributed by atoms with van der Waals surface area (Å²) in [6, 6.07) is 7.99. The van der Waals surface area contributed by atoms with Crippen molar-refractivity contribution in [2.75, 3.05) is 26.2 Å². The lowest BCUT2D eigenvalue weighted by molar-refractivity contribution is 0.0626. The van der Waals surface area contributed by atoms with Crippen molar-refractivity contribution in [3.63, 3.8) is 0 Å². The van der Waals surface area contributed by atoms with Gasteiger partial charge in [-0.05, 0) is 18.2 Å². The maximum absolute atomic E-state index is 12.5. The number of hydrogen-bond donors (Lipinski definition) is 1. The van der Waals surface area contributed by atoms with Crippen LogP contribution in [0.2, 0.25) is 0 Å². The monoisotopic (exact) mass is 370 g/mol. The van der Waals surface area contributed by atoms with Gasteiger partial charge in [0.05, 0.1) is 5.69 Å². The largest absolute Gasteiger partial charge is 0.508 e. The zero-order chi connectivity index (χ0) is 18.1. The maximum Gasteiger partial charge on any atom is 0.258 e. The van der Waals surface area contributed by atoms with Crippen molar-refractivity contribution in [3.05, 3.63) is 63.5 Å². The van der Waals surface area contributed by atoms with Crippen molar-refractivity contribution >= 4 is 22.2 Å². The minimum atomic E-state index is -0.0723. The third-order valence-electron chi connectivity index (χ3n) is 4.49. The van der Waals surface area contributed by atoms with Crippen molar-refractivity contribution in [1.82, 2.24) is 19.2 Å². The molecule has 1 aliphatic heterocycles. The van der Waals surface area contributed by atoms with Gasteiger partial charge in [0, 0.05) is 55.9 Å². The molecule has 0 aliphatic carbocycles. The Bertz CT molecular complexity index is 1000. The minimum Gasteiger partial charge on any atom is -0.508 e. The zero-order valence-electron chi connectivity index (χ0n) is 14.0. The lowest BCUT2D eigenvalue weighted by Crippen LogP contribution is -2.48. The van der Waals surface area contributed by atoms with Crippen LogP contribution in [0, 0.1) is 0 Å². The highest BCUT2D eigenvalue weighted by atomic mass is 32.1. The third-order valence-corrected chi connectivity index (χ3v) is 5.25. The Morgan fingerprint density at radius 1 is 1.19 bits per heavy atom. The first-order valence-electron chi connectivity index (χ1n) is 8.36. The molecule has 7 nitrogen and oxygen atoms in total. The number of carbonyl (C=O) groups is 1. The van der Waals surface area contributed by atoms with Crippen molar-refractivity contribution in [1.29, 1.82) is 0 Å². The molecule has 0 unspecified atom stereocenters. The molecule has 26 heavy (non-hydrogen) atoms. The molecule has 1 saturated heterocycles. The number of nitrogens with zero attached hydrogens (tertiary/aromatic N) is 4. The molecule has 8 heteroatoms. The van der Waals surface area contributed by atoms with E-state index in [1.54, 1.807) is 39.8 Å². The Labute approximate surface area is 153 Å². The van der Waals surface area contributed by atoms with Crippen molar-refractivity contribution in [3.8, 4) is 5.75 Å². The van der Waals surface area contributed by atoms with E-state index < -0.39 is 0 Å². The topological polar surface area (TPSA) is 78.2 Å². The fourth-order valence-electron chi connectivity index (χ4n) is 3.13. The van der Waals surface area contributed by atoms with Crippen LogP contribution in [0.1, 0.15) is 16.1 Å². The van der Waals surface area contributed by atoms with E-state index in [0.717, 1.165) is 18.8 Å². The molecule has 1 aliphatic rings. The first kappa shape index (κ1) is 16.7. The molecule has 1 amide bonds. The number of hydrogen-bond acceptors (Lipinski definition) is 6. The highest BCUT2D eigenvalue weighted by Gasteiger charge is 2.22. The van der Waals surface area contributed by atoms with E-state index in [2.05, 4.69) is 9.88 Å². The van der Waals surface area contributed by atoms with Gasteiger partial charge in [0.25, 0.3) is 11.5 Å². The van der Waals surface area contributed by atoms with Gasteiger partial charge in [0.15, 0.2) is 4.96 Å². The van der Waals surface area contributed by atoms with Crippen LogP contribution >= 0.6 is 11.3 Å². The SMILES string of the molecule is O=C(c1cccc(O)c1)N1CCN(Cc2cc(=O)n3ccsc3n2)CC1. The van der Waals surface area contributed by atoms with E-state index in [-0.39, 0.29) is 17.2 Å². The predicted octanol–water partition coefficient (Wildman–Crippen LogP) is 1.42. The van der Waals surface area contributed by atoms with E-state index in [9.17, 15) is 14.7 Å². The first-order chi connectivity index (χ1) is 12.6. The molecule has 3 aromatic rings. The average Bonchev–Trinajstić information content (AvgIpc) is 3.11. The summed E-state index contributed by atoms with van der Waals surface area (Å²) >= 11 is 1.44. The summed E-state index contributed by atoms with van der Waals surface area (Å²) in [6.07, 6.45) is 1.73. The number of aromatic nitrogens is 2. The number of aromatic hydroxyl groups is 1. The van der Waals surface area contributed by atoms with Gasteiger partial charge < -0.3 is 10.0 Å². The fraction of sp³-hybridized carbons (Fsp3) is 0.278. The molecule has 1 fully saturated rings. The molecule has 1 N–H and O–H groups in total. The Morgan fingerprint density at radius 3 is 2.77 bits per heavy atom. The van der Waals surface area contributed by atoms with Gasteiger partial charge in [-0.15, -0.1) is 11.3 Å². The molecule has 1 aromatic carbocycles. The van der Waals surface area contributed by atoms with Crippen LogP contribution in [0.4, 0.5) is 0 Å². The van der Waals surface area contributed by atoms with Crippen LogP contribution in [0.3, 0.4) is 0 Å². The quantitative estimate of drug-likeness (QED) is 0.754. The number of rotatable bonds is 3. The van der Waals surface area contributed by atoms with Crippen LogP contribution < -0.4 is 5.56 Å². The number of benzene rings is 1. The smallest absolute Gasteiger partial charge is 0.258 e. The summed E-state index contributed by atoms with van der Waals surface area (Å²) in [5, 5.41) is 11.4. The Balaban J connectivity index is 1.40. The summed E-state index contributed by atoms with van der Waals surface area (Å²) in [6.45, 7) is 3.24. The van der Waals surface area contributed by atoms with E-state index >= 15 is 0 Å². The standard InChI is InChI=1S/C18H18N4O3S/c23-15-3-1-2-13(10-15)17(25)21-6-4-20(5-7-21)12-14-11-16(24)22-8-9-26-18(22)19-14/h1-3,8-11,23H,4-7,12H2. The summed E-state index contributed by atoms with van der Waals surface area (Å²) < 4.78 is 1.54. The van der Waals surface area contributed by atoms with Crippen molar-refractivity contribution in [2.24, 2.45) is 0 Å². The summed E-state index contributed by atoms with van der Waals surface area (Å²) in [5.74, 6) is 0.0211. The van der Waals surface area contributed by atoms with Gasteiger partial charge in [-0.25, -0.2) is 4.98 Å². The second kappa shape index (κ2) is 6.89. The van der Waals surface area contributed by atoms with Gasteiger partial charge in [0.2, 0.25) is 0 Å². The molecule has 0 spiro atoms. The third kappa shape index (κ3) is 3.33. The Hall–Kier alpha value is -2.71. The van der Waals surface area contributed by atoms with Gasteiger partial charge in [-0.2, -0.15) is 0 Å². The molecule has 0 bridgehead atoms. The molecule has 4 rings (SSSR count).